The van der Waals surface area contributed by atoms with Crippen LogP contribution in [-0.4, -0.2) is 65.7 Å². The fourth-order valence-electron chi connectivity index (χ4n) is 4.40. The molecular formula is C31H35N3O3S. The second-order valence-electron chi connectivity index (χ2n) is 9.17. The lowest BCUT2D eigenvalue weighted by atomic mass is 10.1. The van der Waals surface area contributed by atoms with Gasteiger partial charge in [0.05, 0.1) is 12.3 Å². The number of benzene rings is 3. The molecule has 198 valence electrons. The summed E-state index contributed by atoms with van der Waals surface area (Å²) in [6.07, 6.45) is 3.43. The average Bonchev–Trinajstić information content (AvgIpc) is 3.37. The molecule has 0 aliphatic carbocycles. The minimum absolute atomic E-state index is 0.0420. The van der Waals surface area contributed by atoms with E-state index in [1.807, 2.05) is 83.9 Å². The van der Waals surface area contributed by atoms with E-state index in [1.54, 1.807) is 12.0 Å². The van der Waals surface area contributed by atoms with Crippen molar-refractivity contribution < 1.29 is 14.3 Å². The van der Waals surface area contributed by atoms with Crippen LogP contribution in [0.2, 0.25) is 0 Å². The molecule has 3 aromatic carbocycles. The molecule has 0 saturated carbocycles. The number of carbonyl (C=O) groups is 2. The molecule has 0 aliphatic rings. The topological polar surface area (TPSA) is 65.6 Å². The van der Waals surface area contributed by atoms with Crippen molar-refractivity contribution in [1.29, 1.82) is 0 Å². The van der Waals surface area contributed by atoms with Crippen molar-refractivity contribution in [2.75, 3.05) is 39.1 Å². The highest BCUT2D eigenvalue weighted by Crippen LogP contribution is 2.20. The first-order chi connectivity index (χ1) is 18.6. The fraction of sp³-hybridized carbons (Fsp3) is 0.290. The molecular weight excluding hydrogens is 494 g/mol. The SMILES string of the molecule is COCCCN(CC(=O)N(CCc1c[nH]c2ccccc12)Cc1ccccc1)C(=O)CSc1ccccc1. The van der Waals surface area contributed by atoms with E-state index in [0.29, 0.717) is 32.7 Å². The summed E-state index contributed by atoms with van der Waals surface area (Å²) in [6, 6.07) is 28.1. The van der Waals surface area contributed by atoms with Crippen LogP contribution in [0.4, 0.5) is 0 Å². The Kier molecular flexibility index (Phi) is 10.4. The molecule has 0 fully saturated rings. The highest BCUT2D eigenvalue weighted by atomic mass is 32.2. The quantitative estimate of drug-likeness (QED) is 0.176. The van der Waals surface area contributed by atoms with E-state index >= 15 is 0 Å². The number of aromatic nitrogens is 1. The number of carbonyl (C=O) groups excluding carboxylic acids is 2. The zero-order valence-electron chi connectivity index (χ0n) is 21.8. The minimum Gasteiger partial charge on any atom is -0.385 e. The van der Waals surface area contributed by atoms with Crippen molar-refractivity contribution in [3.63, 3.8) is 0 Å². The summed E-state index contributed by atoms with van der Waals surface area (Å²) < 4.78 is 5.21. The molecule has 1 heterocycles. The lowest BCUT2D eigenvalue weighted by Crippen LogP contribution is -2.44. The van der Waals surface area contributed by atoms with Crippen LogP contribution in [0, 0.1) is 0 Å². The second kappa shape index (κ2) is 14.4. The number of thioether (sulfide) groups is 1. The van der Waals surface area contributed by atoms with Crippen molar-refractivity contribution in [2.45, 2.75) is 24.3 Å². The van der Waals surface area contributed by atoms with Gasteiger partial charge in [-0.25, -0.2) is 0 Å². The maximum atomic E-state index is 13.7. The number of hydrogen-bond acceptors (Lipinski definition) is 4. The summed E-state index contributed by atoms with van der Waals surface area (Å²) in [5, 5.41) is 1.17. The summed E-state index contributed by atoms with van der Waals surface area (Å²) in [5.41, 5.74) is 3.34. The Hall–Kier alpha value is -3.55. The third-order valence-electron chi connectivity index (χ3n) is 6.46. The van der Waals surface area contributed by atoms with Gasteiger partial charge in [0.2, 0.25) is 11.8 Å². The monoisotopic (exact) mass is 529 g/mol. The molecule has 6 nitrogen and oxygen atoms in total. The maximum absolute atomic E-state index is 13.7. The molecule has 2 amide bonds. The molecule has 1 aromatic heterocycles. The first-order valence-electron chi connectivity index (χ1n) is 13.0. The summed E-state index contributed by atoms with van der Waals surface area (Å²) >= 11 is 1.49. The molecule has 0 spiro atoms. The van der Waals surface area contributed by atoms with Crippen LogP contribution in [0.1, 0.15) is 17.5 Å². The van der Waals surface area contributed by atoms with Crippen molar-refractivity contribution >= 4 is 34.5 Å². The van der Waals surface area contributed by atoms with Crippen LogP contribution in [0.3, 0.4) is 0 Å². The van der Waals surface area contributed by atoms with Gasteiger partial charge in [-0.3, -0.25) is 9.59 Å². The van der Waals surface area contributed by atoms with Gasteiger partial charge >= 0.3 is 0 Å². The number of methoxy groups -OCH3 is 1. The van der Waals surface area contributed by atoms with Gasteiger partial charge in [0, 0.05) is 55.3 Å². The number of para-hydroxylation sites is 1. The number of fused-ring (bicyclic) bond motifs is 1. The normalized spacial score (nSPS) is 11.0. The standard InChI is InChI=1S/C31H35N3O3S/c1-37-20-10-18-33(31(36)24-38-27-13-6-3-7-14-27)23-30(35)34(22-25-11-4-2-5-12-25)19-17-26-21-32-29-16-9-8-15-28(26)29/h2-9,11-16,21,32H,10,17-20,22-24H2,1H3. The molecule has 7 heteroatoms. The maximum Gasteiger partial charge on any atom is 0.242 e. The average molecular weight is 530 g/mol. The van der Waals surface area contributed by atoms with Gasteiger partial charge < -0.3 is 19.5 Å². The molecule has 0 atom stereocenters. The number of hydrogen-bond donors (Lipinski definition) is 1. The van der Waals surface area contributed by atoms with Gasteiger partial charge in [-0.1, -0.05) is 66.7 Å². The Morgan fingerprint density at radius 1 is 0.842 bits per heavy atom. The smallest absolute Gasteiger partial charge is 0.242 e. The first-order valence-corrected chi connectivity index (χ1v) is 13.9. The van der Waals surface area contributed by atoms with Crippen molar-refractivity contribution in [2.24, 2.45) is 0 Å². The summed E-state index contributed by atoms with van der Waals surface area (Å²) in [4.78, 5) is 34.8. The minimum atomic E-state index is -0.0517. The number of aromatic amines is 1. The van der Waals surface area contributed by atoms with Crippen LogP contribution in [-0.2, 0) is 27.3 Å². The van der Waals surface area contributed by atoms with Gasteiger partial charge in [-0.2, -0.15) is 0 Å². The van der Waals surface area contributed by atoms with E-state index in [-0.39, 0.29) is 24.1 Å². The molecule has 4 rings (SSSR count). The van der Waals surface area contributed by atoms with E-state index in [1.165, 1.54) is 22.7 Å². The van der Waals surface area contributed by atoms with E-state index in [2.05, 4.69) is 17.1 Å². The van der Waals surface area contributed by atoms with Gasteiger partial charge in [0.15, 0.2) is 0 Å². The zero-order valence-corrected chi connectivity index (χ0v) is 22.7. The molecule has 0 radical (unpaired) electrons. The number of amides is 2. The van der Waals surface area contributed by atoms with E-state index in [0.717, 1.165) is 22.4 Å². The lowest BCUT2D eigenvalue weighted by Gasteiger charge is -2.28. The summed E-state index contributed by atoms with van der Waals surface area (Å²) in [6.45, 7) is 2.14. The number of H-pyrrole nitrogens is 1. The zero-order chi connectivity index (χ0) is 26.6. The summed E-state index contributed by atoms with van der Waals surface area (Å²) in [7, 11) is 1.65. The third-order valence-corrected chi connectivity index (χ3v) is 7.45. The molecule has 38 heavy (non-hydrogen) atoms. The Labute approximate surface area is 229 Å². The molecule has 4 aromatic rings. The van der Waals surface area contributed by atoms with Crippen LogP contribution in [0.15, 0.2) is 96.0 Å². The Morgan fingerprint density at radius 3 is 2.32 bits per heavy atom. The van der Waals surface area contributed by atoms with Crippen molar-refractivity contribution in [3.05, 3.63) is 102 Å². The number of nitrogens with one attached hydrogen (secondary N) is 1. The lowest BCUT2D eigenvalue weighted by molar-refractivity contribution is -0.139. The van der Waals surface area contributed by atoms with Gasteiger partial charge in [0.25, 0.3) is 0 Å². The van der Waals surface area contributed by atoms with Gasteiger partial charge in [0.1, 0.15) is 0 Å². The first kappa shape index (κ1) is 27.5. The molecule has 1 N–H and O–H groups in total. The van der Waals surface area contributed by atoms with Crippen LogP contribution in [0.25, 0.3) is 10.9 Å². The largest absolute Gasteiger partial charge is 0.385 e. The van der Waals surface area contributed by atoms with Crippen LogP contribution < -0.4 is 0 Å². The van der Waals surface area contributed by atoms with Gasteiger partial charge in [-0.15, -0.1) is 11.8 Å². The Bertz CT molecular complexity index is 1290. The Morgan fingerprint density at radius 2 is 1.55 bits per heavy atom. The van der Waals surface area contributed by atoms with Crippen LogP contribution >= 0.6 is 11.8 Å². The van der Waals surface area contributed by atoms with Crippen LogP contribution in [0.5, 0.6) is 0 Å². The second-order valence-corrected chi connectivity index (χ2v) is 10.2. The van der Waals surface area contributed by atoms with E-state index in [4.69, 9.17) is 4.74 Å². The molecule has 0 bridgehead atoms. The predicted molar refractivity (Wildman–Crippen MR) is 154 cm³/mol. The molecule has 0 saturated heterocycles. The molecule has 0 unspecified atom stereocenters. The summed E-state index contributed by atoms with van der Waals surface area (Å²) in [5.74, 6) is 0.196. The van der Waals surface area contributed by atoms with Gasteiger partial charge in [-0.05, 0) is 42.2 Å². The number of rotatable bonds is 14. The highest BCUT2D eigenvalue weighted by molar-refractivity contribution is 8.00. The van der Waals surface area contributed by atoms with Crippen molar-refractivity contribution in [3.8, 4) is 0 Å². The molecule has 0 aliphatic heterocycles. The Balaban J connectivity index is 1.46. The fourth-order valence-corrected chi connectivity index (χ4v) is 5.22. The van der Waals surface area contributed by atoms with E-state index < -0.39 is 0 Å². The predicted octanol–water partition coefficient (Wildman–Crippen LogP) is 5.40. The third kappa shape index (κ3) is 7.97. The van der Waals surface area contributed by atoms with E-state index in [9.17, 15) is 9.59 Å². The van der Waals surface area contributed by atoms with Crippen molar-refractivity contribution in [1.82, 2.24) is 14.8 Å². The highest BCUT2D eigenvalue weighted by Gasteiger charge is 2.22. The number of ether oxygens (including phenoxy) is 1. The number of nitrogens with zero attached hydrogens (tertiary/aromatic N) is 2.